The SMILES string of the molecule is CCc1nc2ccc(-c3ccc(N4CCC(NC5CNC5)CC4)nc3)cn2c1CNc1nc(-c2ccc(F)cc2)c(C#N)s1.Cl. The summed E-state index contributed by atoms with van der Waals surface area (Å²) in [6, 6.07) is 17.9. The maximum Gasteiger partial charge on any atom is 0.184 e. The molecule has 7 rings (SSSR count). The number of pyridine rings is 2. The van der Waals surface area contributed by atoms with Crippen molar-refractivity contribution < 1.29 is 4.39 Å². The van der Waals surface area contributed by atoms with Crippen LogP contribution in [-0.4, -0.2) is 57.6 Å². The summed E-state index contributed by atoms with van der Waals surface area (Å²) in [5, 5.41) is 20.8. The third kappa shape index (κ3) is 6.51. The van der Waals surface area contributed by atoms with Crippen molar-refractivity contribution >= 4 is 40.3 Å². The summed E-state index contributed by atoms with van der Waals surface area (Å²) >= 11 is 1.29. The largest absolute Gasteiger partial charge is 0.357 e. The lowest BCUT2D eigenvalue weighted by Gasteiger charge is -2.38. The van der Waals surface area contributed by atoms with Gasteiger partial charge in [-0.15, -0.1) is 12.4 Å². The molecule has 2 aliphatic rings. The molecule has 4 aromatic heterocycles. The average molecular weight is 644 g/mol. The zero-order valence-electron chi connectivity index (χ0n) is 25.0. The molecule has 0 amide bonds. The van der Waals surface area contributed by atoms with Crippen LogP contribution < -0.4 is 20.9 Å². The average Bonchev–Trinajstić information content (AvgIpc) is 3.63. The van der Waals surface area contributed by atoms with Crippen molar-refractivity contribution in [2.24, 2.45) is 0 Å². The Morgan fingerprint density at radius 1 is 1.00 bits per heavy atom. The third-order valence-electron chi connectivity index (χ3n) is 8.54. The monoisotopic (exact) mass is 643 g/mol. The second-order valence-corrected chi connectivity index (χ2v) is 12.4. The lowest BCUT2D eigenvalue weighted by atomic mass is 10.0. The summed E-state index contributed by atoms with van der Waals surface area (Å²) in [4.78, 5) is 17.2. The van der Waals surface area contributed by atoms with Crippen molar-refractivity contribution in [1.29, 1.82) is 5.26 Å². The van der Waals surface area contributed by atoms with Gasteiger partial charge in [-0.2, -0.15) is 5.26 Å². The van der Waals surface area contributed by atoms with Crippen molar-refractivity contribution in [3.05, 3.63) is 83.0 Å². The molecule has 0 saturated carbocycles. The Balaban J connectivity index is 0.00000357. The van der Waals surface area contributed by atoms with Gasteiger partial charge in [0, 0.05) is 67.3 Å². The fraction of sp³-hybridized carbons (Fsp3) is 0.333. The molecule has 0 bridgehead atoms. The molecule has 9 nitrogen and oxygen atoms in total. The molecule has 45 heavy (non-hydrogen) atoms. The number of nitriles is 1. The van der Waals surface area contributed by atoms with Crippen LogP contribution in [0.15, 0.2) is 60.9 Å². The summed E-state index contributed by atoms with van der Waals surface area (Å²) in [7, 11) is 0. The number of hydrogen-bond acceptors (Lipinski definition) is 9. The minimum absolute atomic E-state index is 0. The number of anilines is 2. The minimum atomic E-state index is -0.322. The van der Waals surface area contributed by atoms with E-state index >= 15 is 0 Å². The Bertz CT molecular complexity index is 1800. The predicted molar refractivity (Wildman–Crippen MR) is 180 cm³/mol. The number of rotatable bonds is 9. The van der Waals surface area contributed by atoms with Crippen LogP contribution in [0.2, 0.25) is 0 Å². The number of benzene rings is 1. The molecule has 2 saturated heterocycles. The van der Waals surface area contributed by atoms with Crippen LogP contribution in [0.25, 0.3) is 28.0 Å². The maximum absolute atomic E-state index is 13.4. The molecule has 0 aliphatic carbocycles. The summed E-state index contributed by atoms with van der Waals surface area (Å²) in [6.45, 7) is 6.79. The lowest BCUT2D eigenvalue weighted by Crippen LogP contribution is -2.59. The van der Waals surface area contributed by atoms with E-state index in [-0.39, 0.29) is 18.2 Å². The van der Waals surface area contributed by atoms with Crippen LogP contribution >= 0.6 is 23.7 Å². The van der Waals surface area contributed by atoms with Gasteiger partial charge in [-0.3, -0.25) is 0 Å². The van der Waals surface area contributed by atoms with Crippen LogP contribution in [0.5, 0.6) is 0 Å². The number of piperidine rings is 1. The number of imidazole rings is 1. The second-order valence-electron chi connectivity index (χ2n) is 11.4. The van der Waals surface area contributed by atoms with E-state index in [1.165, 1.54) is 23.5 Å². The highest BCUT2D eigenvalue weighted by Crippen LogP contribution is 2.31. The van der Waals surface area contributed by atoms with Crippen LogP contribution in [-0.2, 0) is 13.0 Å². The van der Waals surface area contributed by atoms with E-state index in [9.17, 15) is 9.65 Å². The summed E-state index contributed by atoms with van der Waals surface area (Å²) in [5.41, 5.74) is 6.31. The van der Waals surface area contributed by atoms with Gasteiger partial charge < -0.3 is 25.3 Å². The predicted octanol–water partition coefficient (Wildman–Crippen LogP) is 5.66. The van der Waals surface area contributed by atoms with Gasteiger partial charge in [-0.05, 0) is 67.8 Å². The highest BCUT2D eigenvalue weighted by atomic mass is 35.5. The maximum atomic E-state index is 13.4. The summed E-state index contributed by atoms with van der Waals surface area (Å²) in [6.07, 6.45) is 7.15. The van der Waals surface area contributed by atoms with Crippen LogP contribution in [0.3, 0.4) is 0 Å². The van der Waals surface area contributed by atoms with E-state index in [4.69, 9.17) is 9.97 Å². The first-order chi connectivity index (χ1) is 21.6. The van der Waals surface area contributed by atoms with Crippen LogP contribution in [0.1, 0.15) is 36.0 Å². The topological polar surface area (TPSA) is 106 Å². The van der Waals surface area contributed by atoms with Crippen LogP contribution in [0.4, 0.5) is 15.3 Å². The minimum Gasteiger partial charge on any atom is -0.357 e. The standard InChI is InChI=1S/C33H34FN9S.ClH/c1-2-27-28(19-38-33-41-32(29(15-35)44-33)21-3-7-24(34)8-4-21)43-20-23(6-10-31(43)40-27)22-5-9-30(37-16-22)42-13-11-25(12-14-42)39-26-17-36-18-26;/h3-10,16,20,25-26,36,39H,2,11-14,17-19H2,1H3,(H,38,41);1H. The molecular weight excluding hydrogens is 609 g/mol. The lowest BCUT2D eigenvalue weighted by molar-refractivity contribution is 0.299. The quantitative estimate of drug-likeness (QED) is 0.189. The Hall–Kier alpha value is -4.08. The molecular formula is C33H35ClFN9S. The van der Waals surface area contributed by atoms with Gasteiger partial charge in [0.2, 0.25) is 0 Å². The molecule has 0 spiro atoms. The van der Waals surface area contributed by atoms with E-state index in [0.29, 0.717) is 39.9 Å². The third-order valence-corrected chi connectivity index (χ3v) is 9.46. The van der Waals surface area contributed by atoms with E-state index in [0.717, 1.165) is 79.4 Å². The Kier molecular flexibility index (Phi) is 9.28. The number of aromatic nitrogens is 4. The molecule has 5 aromatic rings. The molecule has 2 aliphatic heterocycles. The molecule has 0 unspecified atom stereocenters. The normalized spacial score (nSPS) is 15.4. The number of aryl methyl sites for hydroxylation is 1. The van der Waals surface area contributed by atoms with Gasteiger partial charge in [-0.25, -0.2) is 19.3 Å². The Morgan fingerprint density at radius 2 is 1.76 bits per heavy atom. The molecule has 6 heterocycles. The molecule has 2 fully saturated rings. The first-order valence-corrected chi connectivity index (χ1v) is 16.0. The van der Waals surface area contributed by atoms with E-state index in [1.807, 2.05) is 12.3 Å². The van der Waals surface area contributed by atoms with Crippen molar-refractivity contribution in [3.8, 4) is 28.5 Å². The van der Waals surface area contributed by atoms with Crippen molar-refractivity contribution in [2.75, 3.05) is 36.4 Å². The molecule has 0 radical (unpaired) electrons. The number of halogens is 2. The van der Waals surface area contributed by atoms with Gasteiger partial charge in [-0.1, -0.05) is 18.3 Å². The number of hydrogen-bond donors (Lipinski definition) is 3. The number of fused-ring (bicyclic) bond motifs is 1. The number of thiazole rings is 1. The van der Waals surface area contributed by atoms with E-state index < -0.39 is 0 Å². The number of nitrogens with zero attached hydrogens (tertiary/aromatic N) is 6. The van der Waals surface area contributed by atoms with Crippen LogP contribution in [0, 0.1) is 17.1 Å². The van der Waals surface area contributed by atoms with Crippen molar-refractivity contribution in [3.63, 3.8) is 0 Å². The van der Waals surface area contributed by atoms with Gasteiger partial charge in [0.1, 0.15) is 33.9 Å². The summed E-state index contributed by atoms with van der Waals surface area (Å²) < 4.78 is 15.6. The fourth-order valence-electron chi connectivity index (χ4n) is 5.98. The summed E-state index contributed by atoms with van der Waals surface area (Å²) in [5.74, 6) is 0.705. The first kappa shape index (κ1) is 30.9. The molecule has 12 heteroatoms. The molecule has 3 N–H and O–H groups in total. The van der Waals surface area contributed by atoms with E-state index in [1.54, 1.807) is 12.1 Å². The second kappa shape index (κ2) is 13.5. The van der Waals surface area contributed by atoms with Crippen molar-refractivity contribution in [1.82, 2.24) is 30.0 Å². The smallest absolute Gasteiger partial charge is 0.184 e. The molecule has 0 atom stereocenters. The van der Waals surface area contributed by atoms with Gasteiger partial charge in [0.25, 0.3) is 0 Å². The first-order valence-electron chi connectivity index (χ1n) is 15.2. The fourth-order valence-corrected chi connectivity index (χ4v) is 6.76. The number of nitrogens with one attached hydrogen (secondary N) is 3. The van der Waals surface area contributed by atoms with Crippen molar-refractivity contribution in [2.45, 2.75) is 44.8 Å². The van der Waals surface area contributed by atoms with E-state index in [2.05, 4.69) is 67.6 Å². The highest BCUT2D eigenvalue weighted by molar-refractivity contribution is 7.16. The highest BCUT2D eigenvalue weighted by Gasteiger charge is 2.25. The zero-order chi connectivity index (χ0) is 30.0. The Labute approximate surface area is 272 Å². The zero-order valence-corrected chi connectivity index (χ0v) is 26.6. The Morgan fingerprint density at radius 3 is 2.42 bits per heavy atom. The van der Waals surface area contributed by atoms with Gasteiger partial charge >= 0.3 is 0 Å². The van der Waals surface area contributed by atoms with Gasteiger partial charge in [0.15, 0.2) is 5.13 Å². The van der Waals surface area contributed by atoms with Gasteiger partial charge in [0.05, 0.1) is 17.9 Å². The molecule has 232 valence electrons. The molecule has 1 aromatic carbocycles.